The largest absolute Gasteiger partial charge is 0.432 e. The van der Waals surface area contributed by atoms with E-state index in [1.807, 2.05) is 0 Å². The molecule has 0 aliphatic rings. The molecule has 15 heavy (non-hydrogen) atoms. The molecule has 0 bridgehead atoms. The molecule has 0 radical (unpaired) electrons. The first-order valence-electron chi connectivity index (χ1n) is 4.87. The number of anilines is 1. The van der Waals surface area contributed by atoms with E-state index in [0.717, 1.165) is 11.3 Å². The number of nitrogens with zero attached hydrogens (tertiary/aromatic N) is 1. The van der Waals surface area contributed by atoms with Crippen molar-refractivity contribution in [2.45, 2.75) is 20.8 Å². The Morgan fingerprint density at radius 1 is 1.13 bits per heavy atom. The smallest absolute Gasteiger partial charge is 0.292 e. The van der Waals surface area contributed by atoms with Crippen LogP contribution in [-0.4, -0.2) is 4.98 Å². The van der Waals surface area contributed by atoms with E-state index in [1.165, 1.54) is 16.7 Å². The molecule has 0 fully saturated rings. The Kier molecular flexibility index (Phi) is 2.23. The van der Waals surface area contributed by atoms with Crippen molar-refractivity contribution in [3.05, 3.63) is 35.1 Å². The highest BCUT2D eigenvalue weighted by molar-refractivity contribution is 5.68. The van der Waals surface area contributed by atoms with Gasteiger partial charge in [0.25, 0.3) is 6.01 Å². The minimum Gasteiger partial charge on any atom is -0.432 e. The zero-order chi connectivity index (χ0) is 11.0. The van der Waals surface area contributed by atoms with Crippen LogP contribution in [0.3, 0.4) is 0 Å². The predicted molar refractivity (Wildman–Crippen MR) is 60.6 cm³/mol. The van der Waals surface area contributed by atoms with Crippen molar-refractivity contribution in [3.8, 4) is 11.3 Å². The number of aromatic nitrogens is 1. The Morgan fingerprint density at radius 2 is 1.73 bits per heavy atom. The minimum absolute atomic E-state index is 0.212. The van der Waals surface area contributed by atoms with Gasteiger partial charge in [-0.25, -0.2) is 0 Å². The first-order valence-corrected chi connectivity index (χ1v) is 4.87. The van der Waals surface area contributed by atoms with E-state index in [9.17, 15) is 0 Å². The van der Waals surface area contributed by atoms with E-state index in [0.29, 0.717) is 0 Å². The lowest BCUT2D eigenvalue weighted by Gasteiger charge is -2.07. The number of benzene rings is 1. The van der Waals surface area contributed by atoms with Gasteiger partial charge in [0.05, 0.1) is 0 Å². The molecule has 0 spiro atoms. The topological polar surface area (TPSA) is 52.0 Å². The lowest BCUT2D eigenvalue weighted by atomic mass is 9.98. The van der Waals surface area contributed by atoms with E-state index >= 15 is 0 Å². The summed E-state index contributed by atoms with van der Waals surface area (Å²) in [6, 6.07) is 4.48. The maximum atomic E-state index is 5.47. The van der Waals surface area contributed by atoms with Gasteiger partial charge in [0.1, 0.15) is 12.0 Å². The Labute approximate surface area is 88.9 Å². The van der Waals surface area contributed by atoms with Gasteiger partial charge in [-0.05, 0) is 31.9 Å². The van der Waals surface area contributed by atoms with Crippen LogP contribution in [0.1, 0.15) is 16.7 Å². The van der Waals surface area contributed by atoms with Gasteiger partial charge in [0.15, 0.2) is 0 Å². The average molecular weight is 202 g/mol. The predicted octanol–water partition coefficient (Wildman–Crippen LogP) is 2.85. The summed E-state index contributed by atoms with van der Waals surface area (Å²) in [5.74, 6) is 0. The highest BCUT2D eigenvalue weighted by atomic mass is 16.4. The van der Waals surface area contributed by atoms with Crippen molar-refractivity contribution >= 4 is 6.01 Å². The number of rotatable bonds is 1. The number of hydrogen-bond donors (Lipinski definition) is 1. The summed E-state index contributed by atoms with van der Waals surface area (Å²) in [5, 5.41) is 0. The molecule has 0 saturated carbocycles. The average Bonchev–Trinajstić information content (AvgIpc) is 2.49. The van der Waals surface area contributed by atoms with Gasteiger partial charge in [-0.1, -0.05) is 17.7 Å². The highest BCUT2D eigenvalue weighted by Crippen LogP contribution is 2.27. The Hall–Kier alpha value is -1.77. The van der Waals surface area contributed by atoms with E-state index in [1.54, 1.807) is 6.26 Å². The monoisotopic (exact) mass is 202 g/mol. The molecule has 0 amide bonds. The van der Waals surface area contributed by atoms with Gasteiger partial charge in [0.2, 0.25) is 0 Å². The van der Waals surface area contributed by atoms with Crippen LogP contribution in [0.5, 0.6) is 0 Å². The lowest BCUT2D eigenvalue weighted by Crippen LogP contribution is -1.91. The van der Waals surface area contributed by atoms with Crippen molar-refractivity contribution < 1.29 is 4.42 Å². The first-order chi connectivity index (χ1) is 7.08. The Morgan fingerprint density at radius 3 is 2.20 bits per heavy atom. The van der Waals surface area contributed by atoms with Crippen molar-refractivity contribution in [1.29, 1.82) is 0 Å². The van der Waals surface area contributed by atoms with Gasteiger partial charge >= 0.3 is 0 Å². The number of nitrogens with two attached hydrogens (primary N) is 1. The summed E-state index contributed by atoms with van der Waals surface area (Å²) < 4.78 is 5.03. The number of hydrogen-bond acceptors (Lipinski definition) is 3. The van der Waals surface area contributed by atoms with Crippen molar-refractivity contribution in [2.75, 3.05) is 5.73 Å². The minimum atomic E-state index is 0.212. The quantitative estimate of drug-likeness (QED) is 0.773. The van der Waals surface area contributed by atoms with Crippen LogP contribution in [0.15, 0.2) is 22.8 Å². The summed E-state index contributed by atoms with van der Waals surface area (Å²) in [7, 11) is 0. The molecule has 3 nitrogen and oxygen atoms in total. The SMILES string of the molecule is Cc1cc(C)c(-c2coc(N)n2)c(C)c1. The van der Waals surface area contributed by atoms with Crippen LogP contribution in [0.25, 0.3) is 11.3 Å². The molecular formula is C12H14N2O. The number of oxazole rings is 1. The molecule has 2 aromatic rings. The van der Waals surface area contributed by atoms with Gasteiger partial charge < -0.3 is 10.2 Å². The molecule has 2 N–H and O–H groups in total. The normalized spacial score (nSPS) is 10.6. The molecule has 0 aliphatic heterocycles. The zero-order valence-corrected chi connectivity index (χ0v) is 9.16. The third kappa shape index (κ3) is 1.73. The summed E-state index contributed by atoms with van der Waals surface area (Å²) in [4.78, 5) is 4.14. The van der Waals surface area contributed by atoms with E-state index in [4.69, 9.17) is 10.2 Å². The van der Waals surface area contributed by atoms with Gasteiger partial charge in [0, 0.05) is 5.56 Å². The lowest BCUT2D eigenvalue weighted by molar-refractivity contribution is 0.581. The molecule has 1 aromatic carbocycles. The van der Waals surface area contributed by atoms with Gasteiger partial charge in [-0.3, -0.25) is 0 Å². The fourth-order valence-electron chi connectivity index (χ4n) is 1.99. The van der Waals surface area contributed by atoms with E-state index in [2.05, 4.69) is 37.9 Å². The second kappa shape index (κ2) is 3.42. The highest BCUT2D eigenvalue weighted by Gasteiger charge is 2.10. The van der Waals surface area contributed by atoms with Crippen LogP contribution < -0.4 is 5.73 Å². The fourth-order valence-corrected chi connectivity index (χ4v) is 1.99. The van der Waals surface area contributed by atoms with E-state index < -0.39 is 0 Å². The van der Waals surface area contributed by atoms with Crippen molar-refractivity contribution in [1.82, 2.24) is 4.98 Å². The molecule has 1 aromatic heterocycles. The van der Waals surface area contributed by atoms with Crippen molar-refractivity contribution in [3.63, 3.8) is 0 Å². The Bertz CT molecular complexity index is 477. The van der Waals surface area contributed by atoms with Gasteiger partial charge in [-0.15, -0.1) is 0 Å². The summed E-state index contributed by atoms with van der Waals surface area (Å²) in [5.41, 5.74) is 11.0. The maximum Gasteiger partial charge on any atom is 0.292 e. The van der Waals surface area contributed by atoms with E-state index in [-0.39, 0.29) is 6.01 Å². The molecule has 1 heterocycles. The maximum absolute atomic E-state index is 5.47. The van der Waals surface area contributed by atoms with Crippen LogP contribution in [-0.2, 0) is 0 Å². The second-order valence-electron chi connectivity index (χ2n) is 3.84. The van der Waals surface area contributed by atoms with Crippen LogP contribution in [0, 0.1) is 20.8 Å². The first kappa shape index (κ1) is 9.77. The van der Waals surface area contributed by atoms with Crippen LogP contribution in [0.4, 0.5) is 6.01 Å². The van der Waals surface area contributed by atoms with Crippen LogP contribution in [0.2, 0.25) is 0 Å². The molecule has 2 rings (SSSR count). The molecule has 0 aliphatic carbocycles. The molecule has 78 valence electrons. The van der Waals surface area contributed by atoms with Gasteiger partial charge in [-0.2, -0.15) is 4.98 Å². The molecule has 0 saturated heterocycles. The third-order valence-electron chi connectivity index (χ3n) is 2.46. The second-order valence-corrected chi connectivity index (χ2v) is 3.84. The molecule has 0 atom stereocenters. The zero-order valence-electron chi connectivity index (χ0n) is 9.16. The summed E-state index contributed by atoms with van der Waals surface area (Å²) in [6.07, 6.45) is 1.60. The summed E-state index contributed by atoms with van der Waals surface area (Å²) >= 11 is 0. The number of nitrogen functional groups attached to an aromatic ring is 1. The summed E-state index contributed by atoms with van der Waals surface area (Å²) in [6.45, 7) is 6.22. The van der Waals surface area contributed by atoms with Crippen molar-refractivity contribution in [2.24, 2.45) is 0 Å². The molecule has 3 heteroatoms. The fraction of sp³-hybridized carbons (Fsp3) is 0.250. The Balaban J connectivity index is 2.62. The molecule has 0 unspecified atom stereocenters. The third-order valence-corrected chi connectivity index (χ3v) is 2.46. The number of aryl methyl sites for hydroxylation is 3. The standard InChI is InChI=1S/C12H14N2O/c1-7-4-8(2)11(9(3)5-7)10-6-15-12(13)14-10/h4-6H,1-3H3,(H2,13,14). The molecular weight excluding hydrogens is 188 g/mol. The van der Waals surface area contributed by atoms with Crippen LogP contribution >= 0.6 is 0 Å².